The molecule has 0 saturated carbocycles. The lowest BCUT2D eigenvalue weighted by Gasteiger charge is -2.06. The number of ether oxygens (including phenoxy) is 1. The molecule has 0 amide bonds. The Bertz CT molecular complexity index is 482. The van der Waals surface area contributed by atoms with Gasteiger partial charge in [-0.2, -0.15) is 0 Å². The molecular weight excluding hydrogens is 212 g/mol. The van der Waals surface area contributed by atoms with E-state index >= 15 is 0 Å². The highest BCUT2D eigenvalue weighted by atomic mass is 16.5. The van der Waals surface area contributed by atoms with Gasteiger partial charge in [-0.3, -0.25) is 0 Å². The smallest absolute Gasteiger partial charge is 0.132 e. The minimum Gasteiger partial charge on any atom is -0.374 e. The van der Waals surface area contributed by atoms with Crippen LogP contribution in [0.5, 0.6) is 0 Å². The van der Waals surface area contributed by atoms with Gasteiger partial charge in [-0.25, -0.2) is 4.98 Å². The van der Waals surface area contributed by atoms with Crippen molar-refractivity contribution < 1.29 is 4.74 Å². The maximum atomic E-state index is 5.34. The van der Waals surface area contributed by atoms with Gasteiger partial charge in [0.25, 0.3) is 0 Å². The van der Waals surface area contributed by atoms with Gasteiger partial charge >= 0.3 is 0 Å². The monoisotopic (exact) mass is 230 g/mol. The van der Waals surface area contributed by atoms with Crippen LogP contribution in [0.4, 0.5) is 0 Å². The van der Waals surface area contributed by atoms with Crippen molar-refractivity contribution in [1.82, 2.24) is 9.97 Å². The molecule has 0 bridgehead atoms. The second kappa shape index (κ2) is 5.15. The van der Waals surface area contributed by atoms with E-state index in [1.807, 2.05) is 13.1 Å². The van der Waals surface area contributed by atoms with Crippen LogP contribution in [0.15, 0.2) is 24.4 Å². The molecule has 3 nitrogen and oxygen atoms in total. The molecular formula is C14H18N2O. The molecule has 0 atom stereocenters. The van der Waals surface area contributed by atoms with Gasteiger partial charge in [-0.15, -0.1) is 0 Å². The molecule has 1 N–H and O–H groups in total. The second-order valence-electron chi connectivity index (χ2n) is 4.15. The Morgan fingerprint density at radius 2 is 1.94 bits per heavy atom. The van der Waals surface area contributed by atoms with Gasteiger partial charge in [-0.05, 0) is 31.9 Å². The summed E-state index contributed by atoms with van der Waals surface area (Å²) in [6, 6.07) is 6.31. The largest absolute Gasteiger partial charge is 0.374 e. The van der Waals surface area contributed by atoms with E-state index < -0.39 is 0 Å². The minimum atomic E-state index is 0.543. The molecule has 0 spiro atoms. The van der Waals surface area contributed by atoms with Gasteiger partial charge in [-0.1, -0.05) is 18.2 Å². The summed E-state index contributed by atoms with van der Waals surface area (Å²) in [4.78, 5) is 7.64. The average molecular weight is 230 g/mol. The molecule has 2 rings (SSSR count). The molecule has 1 aromatic carbocycles. The Kier molecular flexibility index (Phi) is 3.59. The van der Waals surface area contributed by atoms with E-state index in [1.54, 1.807) is 0 Å². The Hall–Kier alpha value is -1.61. The predicted molar refractivity (Wildman–Crippen MR) is 68.8 cm³/mol. The van der Waals surface area contributed by atoms with Crippen LogP contribution >= 0.6 is 0 Å². The number of nitrogens with zero attached hydrogens (tertiary/aromatic N) is 1. The molecule has 0 aliphatic heterocycles. The van der Waals surface area contributed by atoms with E-state index in [9.17, 15) is 0 Å². The minimum absolute atomic E-state index is 0.543. The van der Waals surface area contributed by atoms with E-state index in [0.29, 0.717) is 13.2 Å². The van der Waals surface area contributed by atoms with Crippen LogP contribution in [0.3, 0.4) is 0 Å². The summed E-state index contributed by atoms with van der Waals surface area (Å²) in [6.45, 7) is 7.47. The third-order valence-corrected chi connectivity index (χ3v) is 2.82. The number of aromatic amines is 1. The first-order valence-electron chi connectivity index (χ1n) is 5.90. The van der Waals surface area contributed by atoms with Crippen molar-refractivity contribution in [2.24, 2.45) is 0 Å². The Morgan fingerprint density at radius 3 is 2.59 bits per heavy atom. The van der Waals surface area contributed by atoms with Crippen molar-refractivity contribution in [2.75, 3.05) is 6.61 Å². The molecule has 0 fully saturated rings. The Balaban J connectivity index is 2.30. The van der Waals surface area contributed by atoms with Crippen LogP contribution in [0.25, 0.3) is 11.3 Å². The van der Waals surface area contributed by atoms with Crippen LogP contribution in [-0.4, -0.2) is 16.6 Å². The molecule has 0 aliphatic carbocycles. The van der Waals surface area contributed by atoms with E-state index in [1.165, 1.54) is 16.7 Å². The molecule has 1 heterocycles. The van der Waals surface area contributed by atoms with Gasteiger partial charge in [0.05, 0.1) is 11.9 Å². The third-order valence-electron chi connectivity index (χ3n) is 2.82. The zero-order valence-electron chi connectivity index (χ0n) is 10.6. The first kappa shape index (κ1) is 11.9. The summed E-state index contributed by atoms with van der Waals surface area (Å²) in [5.41, 5.74) is 4.83. The number of aromatic nitrogens is 2. The number of hydrogen-bond donors (Lipinski definition) is 1. The quantitative estimate of drug-likeness (QED) is 0.875. The van der Waals surface area contributed by atoms with Gasteiger partial charge in [0.2, 0.25) is 0 Å². The van der Waals surface area contributed by atoms with Gasteiger partial charge in [0, 0.05) is 12.2 Å². The highest BCUT2D eigenvalue weighted by Gasteiger charge is 2.08. The average Bonchev–Trinajstić information content (AvgIpc) is 2.75. The summed E-state index contributed by atoms with van der Waals surface area (Å²) in [5.74, 6) is 0.879. The summed E-state index contributed by atoms with van der Waals surface area (Å²) in [6.07, 6.45) is 1.88. The van der Waals surface area contributed by atoms with Crippen LogP contribution in [-0.2, 0) is 11.3 Å². The highest BCUT2D eigenvalue weighted by molar-refractivity contribution is 5.66. The summed E-state index contributed by atoms with van der Waals surface area (Å²) < 4.78 is 5.34. The fraction of sp³-hybridized carbons (Fsp3) is 0.357. The summed E-state index contributed by atoms with van der Waals surface area (Å²) in [5, 5.41) is 0. The van der Waals surface area contributed by atoms with Crippen molar-refractivity contribution in [1.29, 1.82) is 0 Å². The molecule has 90 valence electrons. The standard InChI is InChI=1S/C14H18N2O/c1-4-17-9-13-15-8-12(16-13)14-10(2)6-5-7-11(14)3/h5-8H,4,9H2,1-3H3,(H,15,16). The van der Waals surface area contributed by atoms with E-state index in [0.717, 1.165) is 11.5 Å². The van der Waals surface area contributed by atoms with Crippen LogP contribution < -0.4 is 0 Å². The van der Waals surface area contributed by atoms with Crippen molar-refractivity contribution in [3.8, 4) is 11.3 Å². The Labute approximate surface area is 102 Å². The number of hydrogen-bond acceptors (Lipinski definition) is 2. The fourth-order valence-corrected chi connectivity index (χ4v) is 2.00. The number of benzene rings is 1. The lowest BCUT2D eigenvalue weighted by Crippen LogP contribution is -1.94. The van der Waals surface area contributed by atoms with E-state index in [4.69, 9.17) is 4.74 Å². The Morgan fingerprint density at radius 1 is 1.24 bits per heavy atom. The fourth-order valence-electron chi connectivity index (χ4n) is 2.00. The van der Waals surface area contributed by atoms with E-state index in [2.05, 4.69) is 42.0 Å². The van der Waals surface area contributed by atoms with Crippen LogP contribution in [0.2, 0.25) is 0 Å². The van der Waals surface area contributed by atoms with Crippen molar-refractivity contribution >= 4 is 0 Å². The van der Waals surface area contributed by atoms with Crippen molar-refractivity contribution in [2.45, 2.75) is 27.4 Å². The summed E-state index contributed by atoms with van der Waals surface area (Å²) in [7, 11) is 0. The number of imidazole rings is 1. The normalized spacial score (nSPS) is 10.8. The molecule has 1 aromatic heterocycles. The molecule has 2 aromatic rings. The lowest BCUT2D eigenvalue weighted by molar-refractivity contribution is 0.129. The number of H-pyrrole nitrogens is 1. The molecule has 0 aliphatic rings. The third kappa shape index (κ3) is 2.56. The molecule has 17 heavy (non-hydrogen) atoms. The number of nitrogens with one attached hydrogen (secondary N) is 1. The van der Waals surface area contributed by atoms with Crippen molar-refractivity contribution in [3.63, 3.8) is 0 Å². The molecule has 0 saturated heterocycles. The zero-order chi connectivity index (χ0) is 12.3. The number of aryl methyl sites for hydroxylation is 2. The van der Waals surface area contributed by atoms with Gasteiger partial charge < -0.3 is 9.72 Å². The second-order valence-corrected chi connectivity index (χ2v) is 4.15. The maximum absolute atomic E-state index is 5.34. The van der Waals surface area contributed by atoms with Gasteiger partial charge in [0.15, 0.2) is 0 Å². The maximum Gasteiger partial charge on any atom is 0.132 e. The molecule has 3 heteroatoms. The lowest BCUT2D eigenvalue weighted by atomic mass is 10.0. The first-order chi connectivity index (χ1) is 8.22. The highest BCUT2D eigenvalue weighted by Crippen LogP contribution is 2.25. The SMILES string of the molecule is CCOCc1ncc(-c2c(C)cccc2C)[nH]1. The number of rotatable bonds is 4. The zero-order valence-corrected chi connectivity index (χ0v) is 10.6. The molecule has 0 unspecified atom stereocenters. The van der Waals surface area contributed by atoms with Crippen molar-refractivity contribution in [3.05, 3.63) is 41.3 Å². The first-order valence-corrected chi connectivity index (χ1v) is 5.90. The van der Waals surface area contributed by atoms with Crippen LogP contribution in [0, 0.1) is 13.8 Å². The van der Waals surface area contributed by atoms with Crippen LogP contribution in [0.1, 0.15) is 23.9 Å². The van der Waals surface area contributed by atoms with Gasteiger partial charge in [0.1, 0.15) is 12.4 Å². The van der Waals surface area contributed by atoms with E-state index in [-0.39, 0.29) is 0 Å². The molecule has 0 radical (unpaired) electrons. The summed E-state index contributed by atoms with van der Waals surface area (Å²) >= 11 is 0. The predicted octanol–water partition coefficient (Wildman–Crippen LogP) is 3.23. The topological polar surface area (TPSA) is 37.9 Å².